The summed E-state index contributed by atoms with van der Waals surface area (Å²) in [5.41, 5.74) is 4.05. The Kier molecular flexibility index (Phi) is 5.51. The van der Waals surface area contributed by atoms with Gasteiger partial charge in [-0.05, 0) is 65.9 Å². The molecule has 0 atom stereocenters. The number of halogens is 1. The van der Waals surface area contributed by atoms with Crippen LogP contribution in [0.3, 0.4) is 0 Å². The molecule has 1 fully saturated rings. The fourth-order valence-electron chi connectivity index (χ4n) is 3.82. The summed E-state index contributed by atoms with van der Waals surface area (Å²) < 4.78 is 2.10. The number of hydrogen-bond donors (Lipinski definition) is 0. The van der Waals surface area contributed by atoms with E-state index in [4.69, 9.17) is 16.9 Å². The van der Waals surface area contributed by atoms with Gasteiger partial charge in [0.2, 0.25) is 0 Å². The van der Waals surface area contributed by atoms with Crippen molar-refractivity contribution in [2.75, 3.05) is 4.90 Å². The second kappa shape index (κ2) is 8.62. The van der Waals surface area contributed by atoms with Crippen molar-refractivity contribution < 1.29 is 9.59 Å². The molecular formula is C26H16ClN3O2S. The van der Waals surface area contributed by atoms with Crippen LogP contribution in [0.5, 0.6) is 0 Å². The number of imide groups is 1. The Balaban J connectivity index is 1.50. The van der Waals surface area contributed by atoms with Gasteiger partial charge >= 0.3 is 0 Å². The van der Waals surface area contributed by atoms with E-state index in [-0.39, 0.29) is 11.1 Å². The summed E-state index contributed by atoms with van der Waals surface area (Å²) in [6.45, 7) is 0.617. The molecule has 1 aromatic heterocycles. The molecule has 0 N–H and O–H groups in total. The van der Waals surface area contributed by atoms with Gasteiger partial charge in [-0.3, -0.25) is 9.59 Å². The van der Waals surface area contributed by atoms with E-state index >= 15 is 0 Å². The molecule has 7 heteroatoms. The van der Waals surface area contributed by atoms with Gasteiger partial charge in [-0.25, -0.2) is 4.90 Å². The highest BCUT2D eigenvalue weighted by Gasteiger charge is 2.36. The first-order valence-corrected chi connectivity index (χ1v) is 11.3. The Morgan fingerprint density at radius 1 is 0.970 bits per heavy atom. The fraction of sp³-hybridized carbons (Fsp3) is 0.0385. The van der Waals surface area contributed by atoms with Crippen LogP contribution in [0, 0.1) is 11.3 Å². The highest BCUT2D eigenvalue weighted by Crippen LogP contribution is 2.37. The Labute approximate surface area is 199 Å². The lowest BCUT2D eigenvalue weighted by atomic mass is 10.1. The predicted octanol–water partition coefficient (Wildman–Crippen LogP) is 6.46. The second-order valence-corrected chi connectivity index (χ2v) is 8.96. The Morgan fingerprint density at radius 3 is 2.42 bits per heavy atom. The summed E-state index contributed by atoms with van der Waals surface area (Å²) >= 11 is 6.86. The first kappa shape index (κ1) is 21.1. The molecule has 0 radical (unpaired) electrons. The average molecular weight is 470 g/mol. The number of nitrogens with zero attached hydrogens (tertiary/aromatic N) is 3. The van der Waals surface area contributed by atoms with E-state index in [0.29, 0.717) is 27.7 Å². The topological polar surface area (TPSA) is 66.1 Å². The van der Waals surface area contributed by atoms with E-state index in [1.165, 1.54) is 4.90 Å². The molecule has 3 aromatic carbocycles. The van der Waals surface area contributed by atoms with Crippen LogP contribution in [0.15, 0.2) is 83.9 Å². The van der Waals surface area contributed by atoms with Gasteiger partial charge < -0.3 is 4.57 Å². The maximum absolute atomic E-state index is 13.0. The van der Waals surface area contributed by atoms with Crippen LogP contribution in [0.2, 0.25) is 5.02 Å². The molecule has 33 heavy (non-hydrogen) atoms. The van der Waals surface area contributed by atoms with Crippen molar-refractivity contribution in [1.29, 1.82) is 5.26 Å². The molecule has 4 aromatic rings. The monoisotopic (exact) mass is 469 g/mol. The molecule has 1 aliphatic heterocycles. The molecule has 0 bridgehead atoms. The summed E-state index contributed by atoms with van der Waals surface area (Å²) in [7, 11) is 0. The van der Waals surface area contributed by atoms with Crippen molar-refractivity contribution in [1.82, 2.24) is 4.57 Å². The number of thioether (sulfide) groups is 1. The van der Waals surface area contributed by atoms with Crippen LogP contribution in [-0.4, -0.2) is 15.7 Å². The van der Waals surface area contributed by atoms with Gasteiger partial charge in [0.1, 0.15) is 0 Å². The summed E-state index contributed by atoms with van der Waals surface area (Å²) in [6.07, 6.45) is 3.76. The van der Waals surface area contributed by atoms with E-state index in [2.05, 4.69) is 10.6 Å². The highest BCUT2D eigenvalue weighted by molar-refractivity contribution is 8.19. The van der Waals surface area contributed by atoms with Gasteiger partial charge in [0.15, 0.2) is 0 Å². The van der Waals surface area contributed by atoms with Crippen molar-refractivity contribution in [3.05, 3.63) is 106 Å². The average Bonchev–Trinajstić information content (AvgIpc) is 3.31. The second-order valence-electron chi connectivity index (χ2n) is 7.53. The largest absolute Gasteiger partial charge is 0.342 e. The first-order chi connectivity index (χ1) is 16.0. The van der Waals surface area contributed by atoms with Crippen LogP contribution in [0.25, 0.3) is 17.0 Å². The number of hydrogen-bond acceptors (Lipinski definition) is 4. The molecule has 2 heterocycles. The zero-order valence-electron chi connectivity index (χ0n) is 17.2. The van der Waals surface area contributed by atoms with Crippen molar-refractivity contribution in [2.45, 2.75) is 6.54 Å². The van der Waals surface area contributed by atoms with Gasteiger partial charge in [-0.1, -0.05) is 41.9 Å². The first-order valence-electron chi connectivity index (χ1n) is 10.1. The van der Waals surface area contributed by atoms with Crippen molar-refractivity contribution in [3.63, 3.8) is 0 Å². The van der Waals surface area contributed by atoms with E-state index < -0.39 is 0 Å². The lowest BCUT2D eigenvalue weighted by Gasteiger charge is -2.12. The number of benzene rings is 3. The van der Waals surface area contributed by atoms with Gasteiger partial charge in [0, 0.05) is 34.2 Å². The van der Waals surface area contributed by atoms with Crippen molar-refractivity contribution >= 4 is 57.2 Å². The molecule has 0 aliphatic carbocycles. The minimum absolute atomic E-state index is 0.338. The fourth-order valence-corrected chi connectivity index (χ4v) is 4.78. The highest BCUT2D eigenvalue weighted by atomic mass is 35.5. The number of rotatable bonds is 4. The van der Waals surface area contributed by atoms with Crippen molar-refractivity contribution in [3.8, 4) is 6.07 Å². The number of aromatic nitrogens is 1. The smallest absolute Gasteiger partial charge is 0.298 e. The maximum atomic E-state index is 13.0. The number of para-hydroxylation sites is 1. The lowest BCUT2D eigenvalue weighted by Crippen LogP contribution is -2.27. The Bertz CT molecular complexity index is 1460. The molecule has 160 valence electrons. The molecule has 2 amide bonds. The van der Waals surface area contributed by atoms with E-state index in [9.17, 15) is 9.59 Å². The van der Waals surface area contributed by atoms with Crippen LogP contribution in [0.1, 0.15) is 16.7 Å². The maximum Gasteiger partial charge on any atom is 0.298 e. The predicted molar refractivity (Wildman–Crippen MR) is 132 cm³/mol. The number of carbonyl (C=O) groups is 2. The SMILES string of the molecule is N#Cc1ccc(Cn2cc(/C=C3\SC(=O)N(c4ccc(Cl)cc4)C3=O)c3ccccc32)cc1. The number of nitriles is 1. The van der Waals surface area contributed by atoms with Crippen molar-refractivity contribution in [2.24, 2.45) is 0 Å². The third-order valence-electron chi connectivity index (χ3n) is 5.42. The molecule has 1 aliphatic rings. The van der Waals surface area contributed by atoms with E-state index in [1.54, 1.807) is 42.5 Å². The number of fused-ring (bicyclic) bond motifs is 1. The molecule has 1 saturated heterocycles. The molecular weight excluding hydrogens is 454 g/mol. The molecule has 5 rings (SSSR count). The summed E-state index contributed by atoms with van der Waals surface area (Å²) in [5.74, 6) is -0.351. The molecule has 0 unspecified atom stereocenters. The van der Waals surface area contributed by atoms with Crippen LogP contribution in [-0.2, 0) is 11.3 Å². The molecule has 5 nitrogen and oxygen atoms in total. The zero-order chi connectivity index (χ0) is 22.9. The Hall–Kier alpha value is -3.79. The van der Waals surface area contributed by atoms with Gasteiger partial charge in [-0.15, -0.1) is 0 Å². The van der Waals surface area contributed by atoms with Gasteiger partial charge in [-0.2, -0.15) is 5.26 Å². The van der Waals surface area contributed by atoms with Gasteiger partial charge in [0.05, 0.1) is 22.2 Å². The summed E-state index contributed by atoms with van der Waals surface area (Å²) in [5, 5.41) is 10.2. The Morgan fingerprint density at radius 2 is 1.70 bits per heavy atom. The lowest BCUT2D eigenvalue weighted by molar-refractivity contribution is -0.113. The van der Waals surface area contributed by atoms with E-state index in [1.807, 2.05) is 42.6 Å². The van der Waals surface area contributed by atoms with Gasteiger partial charge in [0.25, 0.3) is 11.1 Å². The number of amides is 2. The third kappa shape index (κ3) is 4.05. The van der Waals surface area contributed by atoms with Crippen LogP contribution < -0.4 is 4.90 Å². The van der Waals surface area contributed by atoms with Crippen LogP contribution in [0.4, 0.5) is 10.5 Å². The number of anilines is 1. The molecule has 0 spiro atoms. The minimum Gasteiger partial charge on any atom is -0.342 e. The van der Waals surface area contributed by atoms with E-state index in [0.717, 1.165) is 33.8 Å². The standard InChI is InChI=1S/C26H16ClN3O2S/c27-20-9-11-21(12-10-20)30-25(31)24(33-26(30)32)13-19-16-29(23-4-2-1-3-22(19)23)15-18-7-5-17(14-28)6-8-18/h1-13,16H,15H2/b24-13-. The summed E-state index contributed by atoms with van der Waals surface area (Å²) in [4.78, 5) is 27.2. The summed E-state index contributed by atoms with van der Waals surface area (Å²) in [6, 6.07) is 24.2. The molecule has 0 saturated carbocycles. The third-order valence-corrected chi connectivity index (χ3v) is 6.54. The quantitative estimate of drug-likeness (QED) is 0.322. The number of carbonyl (C=O) groups excluding carboxylic acids is 2. The normalized spacial score (nSPS) is 14.9. The minimum atomic E-state index is -0.351. The zero-order valence-corrected chi connectivity index (χ0v) is 18.8. The van der Waals surface area contributed by atoms with Crippen LogP contribution >= 0.6 is 23.4 Å².